The van der Waals surface area contributed by atoms with E-state index in [1.807, 2.05) is 13.8 Å². The standard InChI is InChI=1S/C10H18N4O3S/c1-7-4-14(5-8(2)17-7)18(15,16)9-6-13(3)12-10(9)11/h6-8H,4-5H2,1-3H3,(H2,11,12)/t7-,8+. The van der Waals surface area contributed by atoms with Gasteiger partial charge in [-0.05, 0) is 13.8 Å². The van der Waals surface area contributed by atoms with Crippen molar-refractivity contribution >= 4 is 15.8 Å². The molecule has 2 rings (SSSR count). The summed E-state index contributed by atoms with van der Waals surface area (Å²) in [6.45, 7) is 4.37. The molecule has 0 saturated carbocycles. The van der Waals surface area contributed by atoms with Crippen LogP contribution in [0.5, 0.6) is 0 Å². The molecule has 18 heavy (non-hydrogen) atoms. The molecular weight excluding hydrogens is 256 g/mol. The number of aryl methyl sites for hydroxylation is 1. The molecule has 0 radical (unpaired) electrons. The number of hydrogen-bond acceptors (Lipinski definition) is 5. The molecule has 8 heteroatoms. The van der Waals surface area contributed by atoms with Gasteiger partial charge in [0.25, 0.3) is 0 Å². The Hall–Kier alpha value is -1.12. The van der Waals surface area contributed by atoms with Crippen LogP contribution in [0.1, 0.15) is 13.8 Å². The van der Waals surface area contributed by atoms with Crippen molar-refractivity contribution in [2.24, 2.45) is 7.05 Å². The fourth-order valence-electron chi connectivity index (χ4n) is 2.15. The molecule has 0 bridgehead atoms. The molecule has 0 aromatic carbocycles. The molecule has 1 aliphatic rings. The molecule has 1 aliphatic heterocycles. The molecule has 0 aliphatic carbocycles. The molecule has 0 amide bonds. The van der Waals surface area contributed by atoms with Gasteiger partial charge in [0.2, 0.25) is 10.0 Å². The van der Waals surface area contributed by atoms with Crippen LogP contribution >= 0.6 is 0 Å². The lowest BCUT2D eigenvalue weighted by molar-refractivity contribution is -0.0440. The monoisotopic (exact) mass is 274 g/mol. The number of nitrogen functional groups attached to an aromatic ring is 1. The highest BCUT2D eigenvalue weighted by molar-refractivity contribution is 7.89. The van der Waals surface area contributed by atoms with Crippen molar-refractivity contribution in [3.05, 3.63) is 6.20 Å². The summed E-state index contributed by atoms with van der Waals surface area (Å²) in [6, 6.07) is 0. The van der Waals surface area contributed by atoms with Crippen LogP contribution < -0.4 is 5.73 Å². The topological polar surface area (TPSA) is 90.5 Å². The van der Waals surface area contributed by atoms with Crippen LogP contribution in [0.25, 0.3) is 0 Å². The predicted octanol–water partition coefficient (Wildman–Crippen LogP) is -0.200. The molecule has 102 valence electrons. The second-order valence-electron chi connectivity index (χ2n) is 4.63. The Kier molecular flexibility index (Phi) is 3.35. The highest BCUT2D eigenvalue weighted by Crippen LogP contribution is 2.24. The highest BCUT2D eigenvalue weighted by Gasteiger charge is 2.34. The number of hydrogen-bond donors (Lipinski definition) is 1. The molecule has 1 fully saturated rings. The first-order valence-electron chi connectivity index (χ1n) is 5.75. The van der Waals surface area contributed by atoms with Crippen LogP contribution in [-0.4, -0.2) is 47.8 Å². The smallest absolute Gasteiger partial charge is 0.248 e. The summed E-state index contributed by atoms with van der Waals surface area (Å²) in [6.07, 6.45) is 1.18. The van der Waals surface area contributed by atoms with E-state index in [4.69, 9.17) is 10.5 Å². The molecule has 1 aromatic rings. The first-order chi connectivity index (χ1) is 8.30. The van der Waals surface area contributed by atoms with E-state index in [-0.39, 0.29) is 22.9 Å². The lowest BCUT2D eigenvalue weighted by Gasteiger charge is -2.34. The van der Waals surface area contributed by atoms with Gasteiger partial charge in [0.1, 0.15) is 4.90 Å². The van der Waals surface area contributed by atoms with Gasteiger partial charge in [0, 0.05) is 26.3 Å². The molecule has 0 unspecified atom stereocenters. The summed E-state index contributed by atoms with van der Waals surface area (Å²) >= 11 is 0. The molecule has 2 N–H and O–H groups in total. The van der Waals surface area contributed by atoms with E-state index in [1.165, 1.54) is 15.2 Å². The van der Waals surface area contributed by atoms with E-state index in [0.717, 1.165) is 0 Å². The van der Waals surface area contributed by atoms with Crippen molar-refractivity contribution in [3.8, 4) is 0 Å². The minimum absolute atomic E-state index is 0.0318. The van der Waals surface area contributed by atoms with Gasteiger partial charge in [-0.1, -0.05) is 0 Å². The van der Waals surface area contributed by atoms with E-state index in [2.05, 4.69) is 5.10 Å². The Bertz CT molecular complexity index is 529. The first kappa shape index (κ1) is 13.3. The zero-order valence-electron chi connectivity index (χ0n) is 10.7. The number of morpholine rings is 1. The Morgan fingerprint density at radius 2 is 1.94 bits per heavy atom. The SMILES string of the molecule is C[C@@H]1CN(S(=O)(=O)c2cn(C)nc2N)C[C@H](C)O1. The summed E-state index contributed by atoms with van der Waals surface area (Å²) in [5.74, 6) is 0.0318. The van der Waals surface area contributed by atoms with Gasteiger partial charge in [-0.25, -0.2) is 8.42 Å². The number of sulfonamides is 1. The lowest BCUT2D eigenvalue weighted by atomic mass is 10.3. The number of nitrogens with zero attached hydrogens (tertiary/aromatic N) is 3. The van der Waals surface area contributed by atoms with Crippen molar-refractivity contribution in [1.82, 2.24) is 14.1 Å². The molecule has 7 nitrogen and oxygen atoms in total. The fraction of sp³-hybridized carbons (Fsp3) is 0.700. The van der Waals surface area contributed by atoms with Crippen molar-refractivity contribution in [1.29, 1.82) is 0 Å². The van der Waals surface area contributed by atoms with Crippen LogP contribution in [0.2, 0.25) is 0 Å². The molecule has 1 aromatic heterocycles. The average molecular weight is 274 g/mol. The van der Waals surface area contributed by atoms with Gasteiger partial charge in [-0.2, -0.15) is 9.40 Å². The van der Waals surface area contributed by atoms with E-state index in [0.29, 0.717) is 13.1 Å². The number of rotatable bonds is 2. The molecule has 2 heterocycles. The van der Waals surface area contributed by atoms with Crippen molar-refractivity contribution in [2.45, 2.75) is 31.0 Å². The van der Waals surface area contributed by atoms with Gasteiger partial charge in [-0.15, -0.1) is 0 Å². The normalized spacial score (nSPS) is 26.4. The van der Waals surface area contributed by atoms with E-state index in [9.17, 15) is 8.42 Å². The van der Waals surface area contributed by atoms with Crippen molar-refractivity contribution in [3.63, 3.8) is 0 Å². The largest absolute Gasteiger partial charge is 0.381 e. The fourth-order valence-corrected chi connectivity index (χ4v) is 3.83. The number of anilines is 1. The van der Waals surface area contributed by atoms with E-state index < -0.39 is 10.0 Å². The zero-order valence-corrected chi connectivity index (χ0v) is 11.5. The summed E-state index contributed by atoms with van der Waals surface area (Å²) in [5, 5.41) is 3.87. The maximum Gasteiger partial charge on any atom is 0.248 e. The van der Waals surface area contributed by atoms with Gasteiger partial charge in [0.15, 0.2) is 5.82 Å². The quantitative estimate of drug-likeness (QED) is 0.806. The summed E-state index contributed by atoms with van der Waals surface area (Å²) in [5.41, 5.74) is 5.63. The molecule has 0 spiro atoms. The highest BCUT2D eigenvalue weighted by atomic mass is 32.2. The lowest BCUT2D eigenvalue weighted by Crippen LogP contribution is -2.48. The third-order valence-electron chi connectivity index (χ3n) is 2.83. The minimum Gasteiger partial charge on any atom is -0.381 e. The molecular formula is C10H18N4O3S. The summed E-state index contributed by atoms with van der Waals surface area (Å²) in [4.78, 5) is 0.0614. The summed E-state index contributed by atoms with van der Waals surface area (Å²) in [7, 11) is -1.95. The first-order valence-corrected chi connectivity index (χ1v) is 7.19. The number of ether oxygens (including phenoxy) is 1. The Morgan fingerprint density at radius 1 is 1.39 bits per heavy atom. The van der Waals surface area contributed by atoms with Crippen LogP contribution in [0.3, 0.4) is 0 Å². The molecule has 1 saturated heterocycles. The number of nitrogens with two attached hydrogens (primary N) is 1. The summed E-state index contributed by atoms with van der Waals surface area (Å²) < 4.78 is 33.2. The minimum atomic E-state index is -3.59. The Morgan fingerprint density at radius 3 is 2.39 bits per heavy atom. The zero-order chi connectivity index (χ0) is 13.5. The van der Waals surface area contributed by atoms with Gasteiger partial charge in [-0.3, -0.25) is 4.68 Å². The average Bonchev–Trinajstić information content (AvgIpc) is 2.57. The van der Waals surface area contributed by atoms with Crippen LogP contribution in [-0.2, 0) is 21.8 Å². The van der Waals surface area contributed by atoms with Gasteiger partial charge in [0.05, 0.1) is 12.2 Å². The van der Waals surface area contributed by atoms with E-state index in [1.54, 1.807) is 7.05 Å². The van der Waals surface area contributed by atoms with E-state index >= 15 is 0 Å². The third-order valence-corrected chi connectivity index (χ3v) is 4.67. The second-order valence-corrected chi connectivity index (χ2v) is 6.54. The number of aromatic nitrogens is 2. The van der Waals surface area contributed by atoms with Gasteiger partial charge >= 0.3 is 0 Å². The predicted molar refractivity (Wildman–Crippen MR) is 66.4 cm³/mol. The Labute approximate surface area is 107 Å². The third kappa shape index (κ3) is 2.36. The molecule has 2 atom stereocenters. The maximum atomic E-state index is 12.4. The van der Waals surface area contributed by atoms with Crippen molar-refractivity contribution in [2.75, 3.05) is 18.8 Å². The second kappa shape index (κ2) is 4.52. The van der Waals surface area contributed by atoms with Crippen LogP contribution in [0, 0.1) is 0 Å². The van der Waals surface area contributed by atoms with Crippen molar-refractivity contribution < 1.29 is 13.2 Å². The maximum absolute atomic E-state index is 12.4. The Balaban J connectivity index is 2.34. The van der Waals surface area contributed by atoms with Gasteiger partial charge < -0.3 is 10.5 Å². The van der Waals surface area contributed by atoms with Crippen LogP contribution in [0.4, 0.5) is 5.82 Å². The van der Waals surface area contributed by atoms with Crippen LogP contribution in [0.15, 0.2) is 11.1 Å².